The van der Waals surface area contributed by atoms with Gasteiger partial charge in [-0.25, -0.2) is 9.59 Å². The average Bonchev–Trinajstić information content (AvgIpc) is 2.99. The summed E-state index contributed by atoms with van der Waals surface area (Å²) in [5.41, 5.74) is 4.08. The largest absolute Gasteiger partial charge is 0.479 e. The predicted octanol–water partition coefficient (Wildman–Crippen LogP) is 0.134. The van der Waals surface area contributed by atoms with E-state index in [2.05, 4.69) is 0 Å². The average molecular weight is 306 g/mol. The summed E-state index contributed by atoms with van der Waals surface area (Å²) in [6.45, 7) is -0.205. The Labute approximate surface area is 127 Å². The molecule has 2 rings (SSSR count). The molecule has 1 fully saturated rings. The van der Waals surface area contributed by atoms with Gasteiger partial charge in [0.2, 0.25) is 11.4 Å². The maximum atomic E-state index is 12.4. The van der Waals surface area contributed by atoms with Crippen molar-refractivity contribution in [3.05, 3.63) is 35.9 Å². The summed E-state index contributed by atoms with van der Waals surface area (Å²) in [6, 6.07) is 8.92. The first-order valence-corrected chi connectivity index (χ1v) is 6.97. The topological polar surface area (TPSA) is 110 Å². The zero-order valence-electron chi connectivity index (χ0n) is 12.0. The molecule has 0 bridgehead atoms. The van der Waals surface area contributed by atoms with Gasteiger partial charge in [0.1, 0.15) is 6.61 Å². The van der Waals surface area contributed by atoms with Gasteiger partial charge in [-0.05, 0) is 18.4 Å². The third-order valence-corrected chi connectivity index (χ3v) is 3.76. The fraction of sp³-hybridized carbons (Fsp3) is 0.400. The lowest BCUT2D eigenvalue weighted by Crippen LogP contribution is -2.60. The number of carbonyl (C=O) groups is 3. The molecule has 1 saturated heterocycles. The molecule has 118 valence electrons. The highest BCUT2D eigenvalue weighted by molar-refractivity contribution is 6.07. The number of esters is 1. The molecule has 1 aromatic rings. The van der Waals surface area contributed by atoms with E-state index in [4.69, 9.17) is 10.5 Å². The van der Waals surface area contributed by atoms with Crippen molar-refractivity contribution in [1.82, 2.24) is 4.90 Å². The van der Waals surface area contributed by atoms with Crippen LogP contribution >= 0.6 is 0 Å². The van der Waals surface area contributed by atoms with Gasteiger partial charge in [0.15, 0.2) is 0 Å². The quantitative estimate of drug-likeness (QED) is 0.591. The number of carbonyl (C=O) groups excluding carboxylic acids is 2. The van der Waals surface area contributed by atoms with Gasteiger partial charge in [0.25, 0.3) is 0 Å². The van der Waals surface area contributed by atoms with Crippen LogP contribution in [0.25, 0.3) is 0 Å². The minimum absolute atomic E-state index is 0.0295. The summed E-state index contributed by atoms with van der Waals surface area (Å²) < 4.78 is 5.15. The second kappa shape index (κ2) is 6.57. The van der Waals surface area contributed by atoms with Crippen LogP contribution in [0.2, 0.25) is 0 Å². The second-order valence-corrected chi connectivity index (χ2v) is 5.08. The Kier molecular flexibility index (Phi) is 4.77. The van der Waals surface area contributed by atoms with Gasteiger partial charge >= 0.3 is 11.9 Å². The molecular weight excluding hydrogens is 288 g/mol. The van der Waals surface area contributed by atoms with Crippen molar-refractivity contribution in [1.29, 1.82) is 0 Å². The van der Waals surface area contributed by atoms with Crippen LogP contribution in [0.5, 0.6) is 0 Å². The van der Waals surface area contributed by atoms with Crippen molar-refractivity contribution in [3.63, 3.8) is 0 Å². The van der Waals surface area contributed by atoms with E-state index in [9.17, 15) is 19.5 Å². The number of carboxylic acids is 1. The van der Waals surface area contributed by atoms with Crippen LogP contribution in [0.1, 0.15) is 18.4 Å². The number of ether oxygens (including phenoxy) is 1. The Morgan fingerprint density at radius 2 is 1.95 bits per heavy atom. The van der Waals surface area contributed by atoms with Gasteiger partial charge in [0, 0.05) is 6.54 Å². The molecule has 0 radical (unpaired) electrons. The molecule has 22 heavy (non-hydrogen) atoms. The molecule has 1 atom stereocenters. The SMILES string of the molecule is NCC(=O)N1CCCC1(C(=O)O)C(=O)OCc1ccccc1. The molecular formula is C15H18N2O5. The number of amides is 1. The highest BCUT2D eigenvalue weighted by Crippen LogP contribution is 2.31. The fourth-order valence-electron chi connectivity index (χ4n) is 2.63. The van der Waals surface area contributed by atoms with E-state index in [0.29, 0.717) is 6.42 Å². The highest BCUT2D eigenvalue weighted by Gasteiger charge is 2.57. The van der Waals surface area contributed by atoms with Gasteiger partial charge < -0.3 is 20.5 Å². The van der Waals surface area contributed by atoms with Gasteiger partial charge in [0.05, 0.1) is 6.54 Å². The van der Waals surface area contributed by atoms with Crippen LogP contribution in [0.3, 0.4) is 0 Å². The predicted molar refractivity (Wildman–Crippen MR) is 76.6 cm³/mol. The number of hydrogen-bond donors (Lipinski definition) is 2. The summed E-state index contributed by atoms with van der Waals surface area (Å²) in [6.07, 6.45) is 0.445. The molecule has 7 nitrogen and oxygen atoms in total. The lowest BCUT2D eigenvalue weighted by molar-refractivity contribution is -0.174. The molecule has 1 heterocycles. The molecule has 0 saturated carbocycles. The fourth-order valence-corrected chi connectivity index (χ4v) is 2.63. The Bertz CT molecular complexity index is 575. The van der Waals surface area contributed by atoms with Gasteiger partial charge in [-0.3, -0.25) is 4.79 Å². The van der Waals surface area contributed by atoms with Crippen molar-refractivity contribution in [2.24, 2.45) is 5.73 Å². The normalized spacial score (nSPS) is 20.7. The van der Waals surface area contributed by atoms with Crippen LogP contribution in [-0.4, -0.2) is 46.5 Å². The maximum Gasteiger partial charge on any atom is 0.344 e. The van der Waals surface area contributed by atoms with Gasteiger partial charge in [-0.15, -0.1) is 0 Å². The molecule has 1 unspecified atom stereocenters. The minimum Gasteiger partial charge on any atom is -0.479 e. The lowest BCUT2D eigenvalue weighted by Gasteiger charge is -2.32. The minimum atomic E-state index is -1.97. The number of benzene rings is 1. The molecule has 1 aromatic carbocycles. The van der Waals surface area contributed by atoms with E-state index < -0.39 is 23.4 Å². The second-order valence-electron chi connectivity index (χ2n) is 5.08. The van der Waals surface area contributed by atoms with Crippen LogP contribution in [0.4, 0.5) is 0 Å². The summed E-state index contributed by atoms with van der Waals surface area (Å²) in [5.74, 6) is -2.88. The van der Waals surface area contributed by atoms with E-state index in [1.54, 1.807) is 24.3 Å². The van der Waals surface area contributed by atoms with Crippen LogP contribution in [0.15, 0.2) is 30.3 Å². The Morgan fingerprint density at radius 1 is 1.27 bits per heavy atom. The number of carboxylic acid groups (broad SMARTS) is 1. The standard InChI is InChI=1S/C15H18N2O5/c16-9-12(18)17-8-4-7-15(17,13(19)20)14(21)22-10-11-5-2-1-3-6-11/h1-3,5-6H,4,7-10,16H2,(H,19,20). The van der Waals surface area contributed by atoms with E-state index in [0.717, 1.165) is 10.5 Å². The number of aliphatic carboxylic acids is 1. The molecule has 1 aliphatic heterocycles. The smallest absolute Gasteiger partial charge is 0.344 e. The number of rotatable bonds is 5. The number of likely N-dealkylation sites (tertiary alicyclic amines) is 1. The van der Waals surface area contributed by atoms with Crippen LogP contribution in [0, 0.1) is 0 Å². The number of nitrogens with zero attached hydrogens (tertiary/aromatic N) is 1. The Hall–Kier alpha value is -2.41. The zero-order valence-corrected chi connectivity index (χ0v) is 12.0. The van der Waals surface area contributed by atoms with E-state index in [-0.39, 0.29) is 26.1 Å². The highest BCUT2D eigenvalue weighted by atomic mass is 16.5. The molecule has 0 spiro atoms. The summed E-state index contributed by atoms with van der Waals surface area (Å²) in [5, 5.41) is 9.51. The van der Waals surface area contributed by atoms with Crippen molar-refractivity contribution in [2.75, 3.05) is 13.1 Å². The van der Waals surface area contributed by atoms with Crippen LogP contribution in [-0.2, 0) is 25.7 Å². The molecule has 3 N–H and O–H groups in total. The van der Waals surface area contributed by atoms with Crippen molar-refractivity contribution in [3.8, 4) is 0 Å². The number of nitrogens with two attached hydrogens (primary N) is 1. The van der Waals surface area contributed by atoms with Crippen molar-refractivity contribution in [2.45, 2.75) is 25.0 Å². The maximum absolute atomic E-state index is 12.4. The summed E-state index contributed by atoms with van der Waals surface area (Å²) in [7, 11) is 0. The summed E-state index contributed by atoms with van der Waals surface area (Å²) >= 11 is 0. The molecule has 0 aliphatic carbocycles. The first-order chi connectivity index (χ1) is 10.5. The molecule has 1 aliphatic rings. The van der Waals surface area contributed by atoms with Gasteiger partial charge in [-0.1, -0.05) is 30.3 Å². The first-order valence-electron chi connectivity index (χ1n) is 6.97. The third kappa shape index (κ3) is 2.80. The Morgan fingerprint density at radius 3 is 2.55 bits per heavy atom. The molecule has 7 heteroatoms. The first kappa shape index (κ1) is 16.0. The third-order valence-electron chi connectivity index (χ3n) is 3.76. The van der Waals surface area contributed by atoms with E-state index in [1.165, 1.54) is 0 Å². The zero-order chi connectivity index (χ0) is 16.2. The van der Waals surface area contributed by atoms with E-state index in [1.807, 2.05) is 6.07 Å². The monoisotopic (exact) mass is 306 g/mol. The number of hydrogen-bond acceptors (Lipinski definition) is 5. The molecule has 1 amide bonds. The van der Waals surface area contributed by atoms with E-state index >= 15 is 0 Å². The Balaban J connectivity index is 2.18. The molecule has 0 aromatic heterocycles. The lowest BCUT2D eigenvalue weighted by atomic mass is 9.96. The van der Waals surface area contributed by atoms with Crippen molar-refractivity contribution >= 4 is 17.8 Å². The van der Waals surface area contributed by atoms with Crippen LogP contribution < -0.4 is 5.73 Å². The van der Waals surface area contributed by atoms with Gasteiger partial charge in [-0.2, -0.15) is 0 Å². The van der Waals surface area contributed by atoms with Crippen molar-refractivity contribution < 1.29 is 24.2 Å². The summed E-state index contributed by atoms with van der Waals surface area (Å²) in [4.78, 5) is 36.9.